The summed E-state index contributed by atoms with van der Waals surface area (Å²) in [7, 11) is 0. The Morgan fingerprint density at radius 2 is 1.27 bits per heavy atom. The maximum absolute atomic E-state index is 6.16. The van der Waals surface area contributed by atoms with E-state index in [1.54, 1.807) is 0 Å². The third kappa shape index (κ3) is 8.10. The van der Waals surface area contributed by atoms with Gasteiger partial charge in [-0.2, -0.15) is 0 Å². The molecule has 5 heteroatoms. The second kappa shape index (κ2) is 7.19. The summed E-state index contributed by atoms with van der Waals surface area (Å²) in [4.78, 5) is 0. The SMILES string of the molecule is Cl[Si](Cl)(CCCBr)CCCBr. The van der Waals surface area contributed by atoms with Gasteiger partial charge in [-0.05, 0) is 24.9 Å². The number of halogens is 4. The van der Waals surface area contributed by atoms with Crippen LogP contribution in [0.15, 0.2) is 0 Å². The maximum atomic E-state index is 6.16. The summed E-state index contributed by atoms with van der Waals surface area (Å²) in [6.45, 7) is -1.86. The topological polar surface area (TPSA) is 0 Å². The zero-order valence-electron chi connectivity index (χ0n) is 6.25. The lowest BCUT2D eigenvalue weighted by Crippen LogP contribution is -2.18. The zero-order chi connectivity index (χ0) is 8.74. The van der Waals surface area contributed by atoms with Gasteiger partial charge in [0, 0.05) is 10.7 Å². The van der Waals surface area contributed by atoms with Gasteiger partial charge in [0.2, 0.25) is 0 Å². The van der Waals surface area contributed by atoms with E-state index in [1.807, 2.05) is 0 Å². The fourth-order valence-electron chi connectivity index (χ4n) is 0.776. The normalized spacial score (nSPS) is 12.0. The third-order valence-electron chi connectivity index (χ3n) is 1.35. The van der Waals surface area contributed by atoms with Crippen LogP contribution in [0, 0.1) is 0 Å². The first-order valence-corrected chi connectivity index (χ1v) is 10.3. The summed E-state index contributed by atoms with van der Waals surface area (Å²) in [5, 5.41) is 2.02. The van der Waals surface area contributed by atoms with Crippen LogP contribution in [0.2, 0.25) is 12.1 Å². The fraction of sp³-hybridized carbons (Fsp3) is 1.00. The molecule has 0 bridgehead atoms. The molecule has 0 aliphatic heterocycles. The lowest BCUT2D eigenvalue weighted by Gasteiger charge is -2.14. The van der Waals surface area contributed by atoms with Crippen molar-refractivity contribution in [3.8, 4) is 0 Å². The molecule has 0 aromatic heterocycles. The van der Waals surface area contributed by atoms with Gasteiger partial charge in [-0.1, -0.05) is 31.9 Å². The molecular weight excluding hydrogens is 331 g/mol. The van der Waals surface area contributed by atoms with Crippen molar-refractivity contribution in [2.75, 3.05) is 10.7 Å². The van der Waals surface area contributed by atoms with Crippen LogP contribution in [0.4, 0.5) is 0 Å². The fourth-order valence-corrected chi connectivity index (χ4v) is 5.61. The van der Waals surface area contributed by atoms with Gasteiger partial charge in [-0.3, -0.25) is 0 Å². The molecule has 0 unspecified atom stereocenters. The van der Waals surface area contributed by atoms with Crippen LogP contribution < -0.4 is 0 Å². The van der Waals surface area contributed by atoms with Gasteiger partial charge in [0.25, 0.3) is 6.69 Å². The summed E-state index contributed by atoms with van der Waals surface area (Å²) < 4.78 is 0. The number of hydrogen-bond donors (Lipinski definition) is 0. The van der Waals surface area contributed by atoms with Gasteiger partial charge < -0.3 is 0 Å². The molecule has 11 heavy (non-hydrogen) atoms. The average Bonchev–Trinajstić information content (AvgIpc) is 1.97. The van der Waals surface area contributed by atoms with E-state index in [4.69, 9.17) is 22.2 Å². The Labute approximate surface area is 95.7 Å². The Kier molecular flexibility index (Phi) is 8.34. The van der Waals surface area contributed by atoms with Crippen molar-refractivity contribution in [2.45, 2.75) is 24.9 Å². The lowest BCUT2D eigenvalue weighted by atomic mass is 10.6. The van der Waals surface area contributed by atoms with Crippen LogP contribution in [-0.2, 0) is 0 Å². The Hall–Kier alpha value is 1.76. The van der Waals surface area contributed by atoms with Gasteiger partial charge >= 0.3 is 0 Å². The predicted octanol–water partition coefficient (Wildman–Crippen LogP) is 4.48. The van der Waals surface area contributed by atoms with Gasteiger partial charge in [-0.25, -0.2) is 0 Å². The number of alkyl halides is 2. The van der Waals surface area contributed by atoms with E-state index in [2.05, 4.69) is 31.9 Å². The molecule has 0 saturated carbocycles. The Morgan fingerprint density at radius 1 is 0.909 bits per heavy atom. The Bertz CT molecular complexity index is 90.6. The third-order valence-corrected chi connectivity index (χ3v) is 6.91. The first-order valence-electron chi connectivity index (χ1n) is 3.62. The zero-order valence-corrected chi connectivity index (χ0v) is 11.9. The minimum Gasteiger partial charge on any atom is -0.146 e. The second-order valence-corrected chi connectivity index (χ2v) is 11.7. The standard InChI is InChI=1S/C6H12Br2Cl2Si/c7-3-1-5-11(9,10)6-2-4-8/h1-6H2. The quantitative estimate of drug-likeness (QED) is 0.379. The highest BCUT2D eigenvalue weighted by molar-refractivity contribution is 9.09. The lowest BCUT2D eigenvalue weighted by molar-refractivity contribution is 1.04. The molecule has 0 aliphatic carbocycles. The summed E-state index contributed by atoms with van der Waals surface area (Å²) in [6, 6.07) is 2.02. The van der Waals surface area contributed by atoms with Crippen LogP contribution in [-0.4, -0.2) is 17.4 Å². The summed E-state index contributed by atoms with van der Waals surface area (Å²) in [6.07, 6.45) is 2.20. The molecule has 0 atom stereocenters. The molecule has 0 rings (SSSR count). The molecule has 0 aromatic carbocycles. The minimum atomic E-state index is -1.86. The molecule has 0 radical (unpaired) electrons. The van der Waals surface area contributed by atoms with Gasteiger partial charge in [0.05, 0.1) is 0 Å². The summed E-state index contributed by atoms with van der Waals surface area (Å²) in [5.74, 6) is 0. The van der Waals surface area contributed by atoms with Crippen LogP contribution in [0.3, 0.4) is 0 Å². The highest BCUT2D eigenvalue weighted by Gasteiger charge is 2.26. The predicted molar refractivity (Wildman–Crippen MR) is 63.9 cm³/mol. The summed E-state index contributed by atoms with van der Waals surface area (Å²) in [5.41, 5.74) is 0. The highest BCUT2D eigenvalue weighted by Crippen LogP contribution is 2.28. The molecule has 0 N–H and O–H groups in total. The first-order chi connectivity index (χ1) is 5.12. The number of rotatable bonds is 6. The molecule has 0 amide bonds. The van der Waals surface area contributed by atoms with Crippen molar-refractivity contribution < 1.29 is 0 Å². The van der Waals surface area contributed by atoms with Gasteiger partial charge in [0.1, 0.15) is 0 Å². The van der Waals surface area contributed by atoms with Crippen molar-refractivity contribution in [2.24, 2.45) is 0 Å². The molecule has 0 saturated heterocycles. The van der Waals surface area contributed by atoms with Crippen LogP contribution >= 0.6 is 54.0 Å². The van der Waals surface area contributed by atoms with E-state index >= 15 is 0 Å². The Balaban J connectivity index is 3.43. The minimum absolute atomic E-state index is 1.01. The average molecular weight is 343 g/mol. The molecule has 0 aromatic rings. The largest absolute Gasteiger partial charge is 0.251 e. The van der Waals surface area contributed by atoms with E-state index in [0.717, 1.165) is 35.6 Å². The van der Waals surface area contributed by atoms with Crippen molar-refractivity contribution in [1.82, 2.24) is 0 Å². The van der Waals surface area contributed by atoms with Gasteiger partial charge in [-0.15, -0.1) is 22.2 Å². The van der Waals surface area contributed by atoms with E-state index in [9.17, 15) is 0 Å². The van der Waals surface area contributed by atoms with Crippen molar-refractivity contribution in [1.29, 1.82) is 0 Å². The van der Waals surface area contributed by atoms with E-state index in [-0.39, 0.29) is 0 Å². The first kappa shape index (κ1) is 12.8. The molecular formula is C6H12Br2Cl2Si. The van der Waals surface area contributed by atoms with E-state index < -0.39 is 6.69 Å². The maximum Gasteiger partial charge on any atom is 0.251 e. The van der Waals surface area contributed by atoms with E-state index in [1.165, 1.54) is 0 Å². The molecule has 0 aliphatic rings. The molecule has 0 fully saturated rings. The highest BCUT2D eigenvalue weighted by atomic mass is 79.9. The molecule has 0 spiro atoms. The van der Waals surface area contributed by atoms with Gasteiger partial charge in [0.15, 0.2) is 0 Å². The smallest absolute Gasteiger partial charge is 0.146 e. The Morgan fingerprint density at radius 3 is 1.55 bits per heavy atom. The summed E-state index contributed by atoms with van der Waals surface area (Å²) >= 11 is 19.0. The van der Waals surface area contributed by atoms with Crippen LogP contribution in [0.25, 0.3) is 0 Å². The molecule has 0 nitrogen and oxygen atoms in total. The van der Waals surface area contributed by atoms with Crippen molar-refractivity contribution >= 4 is 60.7 Å². The molecule has 68 valence electrons. The second-order valence-electron chi connectivity index (χ2n) is 2.44. The van der Waals surface area contributed by atoms with Crippen LogP contribution in [0.1, 0.15) is 12.8 Å². The van der Waals surface area contributed by atoms with Crippen molar-refractivity contribution in [3.63, 3.8) is 0 Å². The van der Waals surface area contributed by atoms with Crippen LogP contribution in [0.5, 0.6) is 0 Å². The molecule has 0 heterocycles. The number of hydrogen-bond acceptors (Lipinski definition) is 0. The monoisotopic (exact) mass is 340 g/mol. The van der Waals surface area contributed by atoms with Crippen molar-refractivity contribution in [3.05, 3.63) is 0 Å². The van der Waals surface area contributed by atoms with E-state index in [0.29, 0.717) is 0 Å².